The molecule has 0 bridgehead atoms. The monoisotopic (exact) mass is 527 g/mol. The van der Waals surface area contributed by atoms with Crippen LogP contribution in [0.2, 0.25) is 5.02 Å². The molecular formula is C15H8Br3ClKN2-. The number of nitrogens with zero attached hydrogens (tertiary/aromatic N) is 2. The fourth-order valence-corrected chi connectivity index (χ4v) is 2.87. The molecule has 0 aliphatic rings. The maximum atomic E-state index is 5.52. The molecule has 3 aromatic rings. The van der Waals surface area contributed by atoms with Crippen LogP contribution >= 0.6 is 59.4 Å². The maximum absolute atomic E-state index is 5.52. The van der Waals surface area contributed by atoms with Crippen molar-refractivity contribution in [3.63, 3.8) is 0 Å². The van der Waals surface area contributed by atoms with Crippen molar-refractivity contribution in [3.05, 3.63) is 79.4 Å². The van der Waals surface area contributed by atoms with Crippen LogP contribution in [0.1, 0.15) is 0 Å². The van der Waals surface area contributed by atoms with E-state index in [1.54, 1.807) is 28.9 Å². The van der Waals surface area contributed by atoms with E-state index in [0.29, 0.717) is 0 Å². The van der Waals surface area contributed by atoms with Gasteiger partial charge in [0.1, 0.15) is 9.21 Å². The molecule has 0 fully saturated rings. The van der Waals surface area contributed by atoms with Gasteiger partial charge in [-0.3, -0.25) is 0 Å². The number of benzene rings is 2. The van der Waals surface area contributed by atoms with Gasteiger partial charge in [-0.05, 0) is 53.5 Å². The summed E-state index contributed by atoms with van der Waals surface area (Å²) in [5, 5.41) is 5.07. The van der Waals surface area contributed by atoms with Crippen LogP contribution in [0.25, 0.3) is 5.69 Å². The first kappa shape index (κ1) is 21.1. The number of hydrogen-bond acceptors (Lipinski definition) is 1. The zero-order chi connectivity index (χ0) is 15.2. The number of aromatic nitrogens is 2. The summed E-state index contributed by atoms with van der Waals surface area (Å²) in [6.45, 7) is 0. The molecular weight excluding hydrogens is 522 g/mol. The minimum Gasteiger partial charge on any atom is -0.249 e. The van der Waals surface area contributed by atoms with Crippen molar-refractivity contribution >= 4 is 59.4 Å². The molecule has 1 heterocycles. The van der Waals surface area contributed by atoms with Gasteiger partial charge in [0.15, 0.2) is 0 Å². The Kier molecular flexibility index (Phi) is 10.3. The first-order chi connectivity index (χ1) is 10.1. The second-order valence-electron chi connectivity index (χ2n) is 3.78. The van der Waals surface area contributed by atoms with E-state index < -0.39 is 0 Å². The van der Waals surface area contributed by atoms with E-state index in [-0.39, 0.29) is 51.4 Å². The van der Waals surface area contributed by atoms with Crippen molar-refractivity contribution in [3.8, 4) is 5.69 Å². The number of rotatable bonds is 1. The van der Waals surface area contributed by atoms with E-state index in [0.717, 1.165) is 24.4 Å². The molecule has 0 saturated heterocycles. The first-order valence-corrected chi connectivity index (χ1v) is 8.53. The molecule has 108 valence electrons. The summed E-state index contributed by atoms with van der Waals surface area (Å²) in [6.07, 6.45) is 0. The molecule has 0 unspecified atom stereocenters. The summed E-state index contributed by atoms with van der Waals surface area (Å²) >= 11 is 15.7. The Morgan fingerprint density at radius 2 is 1.41 bits per heavy atom. The van der Waals surface area contributed by atoms with Crippen LogP contribution in [0.3, 0.4) is 0 Å². The minimum atomic E-state index is 0. The van der Waals surface area contributed by atoms with Gasteiger partial charge in [-0.15, -0.1) is 23.7 Å². The number of halogens is 4. The number of hydrogen-bond donors (Lipinski definition) is 0. The molecule has 0 aliphatic carbocycles. The molecule has 7 heteroatoms. The standard InChI is InChI=1S/C9H4Br3N2.C6H4Cl.K/c10-7-8(11)13-14(9(7)12)6-4-2-1-3-5-6;7-6-4-2-1-3-5-6;/h2-5H;2-5H;/q2*-1;+1. The summed E-state index contributed by atoms with van der Waals surface area (Å²) in [5.41, 5.74) is 0.988. The predicted molar refractivity (Wildman–Crippen MR) is 95.8 cm³/mol. The van der Waals surface area contributed by atoms with E-state index in [1.165, 1.54) is 0 Å². The Labute approximate surface area is 202 Å². The molecule has 2 aromatic carbocycles. The summed E-state index contributed by atoms with van der Waals surface area (Å²) in [7, 11) is 0. The van der Waals surface area contributed by atoms with Crippen molar-refractivity contribution in [2.75, 3.05) is 0 Å². The molecule has 3 rings (SSSR count). The first-order valence-electron chi connectivity index (χ1n) is 5.77. The van der Waals surface area contributed by atoms with E-state index in [4.69, 9.17) is 11.6 Å². The second-order valence-corrected chi connectivity index (χ2v) is 6.52. The Morgan fingerprint density at radius 3 is 1.77 bits per heavy atom. The van der Waals surface area contributed by atoms with Gasteiger partial charge in [-0.1, -0.05) is 5.02 Å². The van der Waals surface area contributed by atoms with Crippen molar-refractivity contribution in [1.82, 2.24) is 9.78 Å². The van der Waals surface area contributed by atoms with E-state index in [9.17, 15) is 0 Å². The summed E-state index contributed by atoms with van der Waals surface area (Å²) in [4.78, 5) is 0. The second kappa shape index (κ2) is 10.8. The van der Waals surface area contributed by atoms with Gasteiger partial charge >= 0.3 is 51.4 Å². The summed E-state index contributed by atoms with van der Waals surface area (Å²) in [6, 6.07) is 20.5. The van der Waals surface area contributed by atoms with Crippen molar-refractivity contribution in [2.45, 2.75) is 0 Å². The molecule has 0 aliphatic heterocycles. The molecule has 0 atom stereocenters. The van der Waals surface area contributed by atoms with Gasteiger partial charge in [-0.25, -0.2) is 4.68 Å². The van der Waals surface area contributed by atoms with Crippen LogP contribution in [-0.2, 0) is 0 Å². The predicted octanol–water partition coefficient (Wildman–Crippen LogP) is 3.10. The zero-order valence-corrected chi connectivity index (χ0v) is 20.2. The average molecular weight is 531 g/mol. The Hall–Kier alpha value is 1.02. The molecule has 0 radical (unpaired) electrons. The SMILES string of the molecule is Brc1nn(-c2cc[c-]cc2)c(Br)c1Br.Clc1cc[c-]cc1.[K+]. The van der Waals surface area contributed by atoms with Gasteiger partial charge in [-0.2, -0.15) is 53.6 Å². The van der Waals surface area contributed by atoms with Crippen molar-refractivity contribution < 1.29 is 51.4 Å². The normalized spacial score (nSPS) is 9.45. The Bertz CT molecular complexity index is 706. The average Bonchev–Trinajstić information content (AvgIpc) is 2.77. The van der Waals surface area contributed by atoms with Crippen LogP contribution in [0.5, 0.6) is 0 Å². The molecule has 0 N–H and O–H groups in total. The van der Waals surface area contributed by atoms with Gasteiger partial charge < -0.3 is 0 Å². The zero-order valence-electron chi connectivity index (χ0n) is 11.5. The smallest absolute Gasteiger partial charge is 0.249 e. The summed E-state index contributed by atoms with van der Waals surface area (Å²) < 4.78 is 4.36. The minimum absolute atomic E-state index is 0. The van der Waals surface area contributed by atoms with Gasteiger partial charge in [0.2, 0.25) is 0 Å². The van der Waals surface area contributed by atoms with Gasteiger partial charge in [0.05, 0.1) is 4.47 Å². The largest absolute Gasteiger partial charge is 1.00 e. The maximum Gasteiger partial charge on any atom is 1.00 e. The Morgan fingerprint density at radius 1 is 0.909 bits per heavy atom. The molecule has 2 nitrogen and oxygen atoms in total. The van der Waals surface area contributed by atoms with E-state index in [1.807, 2.05) is 24.3 Å². The van der Waals surface area contributed by atoms with Crippen LogP contribution in [0.15, 0.2) is 62.2 Å². The van der Waals surface area contributed by atoms with Crippen LogP contribution < -0.4 is 51.4 Å². The van der Waals surface area contributed by atoms with Crippen molar-refractivity contribution in [2.24, 2.45) is 0 Å². The molecule has 0 amide bonds. The van der Waals surface area contributed by atoms with Gasteiger partial charge in [0, 0.05) is 0 Å². The molecule has 0 saturated carbocycles. The Balaban J connectivity index is 0.000000258. The molecule has 22 heavy (non-hydrogen) atoms. The van der Waals surface area contributed by atoms with Crippen LogP contribution in [-0.4, -0.2) is 9.78 Å². The fraction of sp³-hybridized carbons (Fsp3) is 0. The van der Waals surface area contributed by atoms with E-state index >= 15 is 0 Å². The summed E-state index contributed by atoms with van der Waals surface area (Å²) in [5.74, 6) is 0. The topological polar surface area (TPSA) is 17.8 Å². The van der Waals surface area contributed by atoms with Crippen LogP contribution in [0, 0.1) is 12.1 Å². The fourth-order valence-electron chi connectivity index (χ4n) is 1.41. The third-order valence-corrected chi connectivity index (χ3v) is 5.71. The third kappa shape index (κ3) is 6.15. The quantitative estimate of drug-likeness (QED) is 0.350. The molecule has 0 spiro atoms. The third-order valence-electron chi connectivity index (χ3n) is 2.36. The van der Waals surface area contributed by atoms with Crippen LogP contribution in [0.4, 0.5) is 0 Å². The van der Waals surface area contributed by atoms with Gasteiger partial charge in [0.25, 0.3) is 0 Å². The molecule has 1 aromatic heterocycles. The van der Waals surface area contributed by atoms with E-state index in [2.05, 4.69) is 65.0 Å². The van der Waals surface area contributed by atoms with Crippen molar-refractivity contribution in [1.29, 1.82) is 0 Å².